The average Bonchev–Trinajstić information content (AvgIpc) is 3.84. The third-order valence-electron chi connectivity index (χ3n) is 6.31. The second-order valence-corrected chi connectivity index (χ2v) is 19.7. The number of hydrogen-bond donors (Lipinski definition) is 0. The first kappa shape index (κ1) is 33.0. The number of aldehydes is 2. The molecule has 0 bridgehead atoms. The molecule has 0 amide bonds. The van der Waals surface area contributed by atoms with Crippen LogP contribution in [0.5, 0.6) is 0 Å². The van der Waals surface area contributed by atoms with Crippen LogP contribution in [0.2, 0.25) is 0 Å². The number of allylic oxidation sites excluding steroid dienone is 2. The summed E-state index contributed by atoms with van der Waals surface area (Å²) in [7, 11) is 0. The lowest BCUT2D eigenvalue weighted by Gasteiger charge is -2.07. The molecule has 0 N–H and O–H groups in total. The molecule has 2 aliphatic heterocycles. The molecule has 4 heterocycles. The van der Waals surface area contributed by atoms with E-state index in [1.165, 1.54) is 16.9 Å². The normalized spacial score (nSPS) is 15.2. The van der Waals surface area contributed by atoms with E-state index < -0.39 is 0 Å². The first-order valence-corrected chi connectivity index (χ1v) is 22.5. The van der Waals surface area contributed by atoms with Gasteiger partial charge in [0.1, 0.15) is 10.0 Å². The molecule has 0 saturated carbocycles. The van der Waals surface area contributed by atoms with Crippen LogP contribution >= 0.6 is 117 Å². The van der Waals surface area contributed by atoms with Gasteiger partial charge in [0.05, 0.1) is 25.4 Å². The van der Waals surface area contributed by atoms with Gasteiger partial charge in [-0.2, -0.15) is 0 Å². The van der Waals surface area contributed by atoms with Gasteiger partial charge in [0.2, 0.25) is 0 Å². The summed E-state index contributed by atoms with van der Waals surface area (Å²) in [5.41, 5.74) is 5.13. The van der Waals surface area contributed by atoms with Crippen molar-refractivity contribution in [2.45, 2.75) is 0 Å². The standard InChI is InChI=1S/C30H22N2O2S10/c1-35-27-28(36-2)42-25(41-27)19(13-33)15-7-5-9-17(11-15)21-31-23-24(39-21)32-22(40-23)18-10-6-8-16(12-18)20(14-34)26-43-29(37-3)30(38-4)44-26/h5-14H,1-4H3. The van der Waals surface area contributed by atoms with Crippen LogP contribution in [0, 0.1) is 0 Å². The smallest absolute Gasteiger partial charge is 0.155 e. The van der Waals surface area contributed by atoms with Crippen molar-refractivity contribution in [1.29, 1.82) is 0 Å². The van der Waals surface area contributed by atoms with E-state index in [0.29, 0.717) is 11.1 Å². The molecule has 0 saturated heterocycles. The zero-order valence-corrected chi connectivity index (χ0v) is 31.7. The van der Waals surface area contributed by atoms with Crippen molar-refractivity contribution >= 4 is 150 Å². The number of rotatable bonds is 10. The van der Waals surface area contributed by atoms with E-state index >= 15 is 0 Å². The minimum atomic E-state index is 0.709. The van der Waals surface area contributed by atoms with E-state index in [2.05, 4.69) is 25.0 Å². The summed E-state index contributed by atoms with van der Waals surface area (Å²) < 4.78 is 6.99. The maximum absolute atomic E-state index is 12.3. The molecule has 0 atom stereocenters. The van der Waals surface area contributed by atoms with Crippen LogP contribution in [0.3, 0.4) is 0 Å². The third kappa shape index (κ3) is 6.71. The number of hydrogen-bond acceptors (Lipinski definition) is 14. The number of nitrogens with zero attached hydrogens (tertiary/aromatic N) is 2. The Hall–Kier alpha value is -0.940. The van der Waals surface area contributed by atoms with Gasteiger partial charge >= 0.3 is 0 Å². The minimum absolute atomic E-state index is 0.709. The van der Waals surface area contributed by atoms with Crippen molar-refractivity contribution < 1.29 is 9.59 Å². The van der Waals surface area contributed by atoms with Gasteiger partial charge in [-0.15, -0.1) is 47.0 Å². The van der Waals surface area contributed by atoms with Crippen molar-refractivity contribution in [1.82, 2.24) is 9.97 Å². The first-order chi connectivity index (χ1) is 21.5. The molecule has 2 aromatic carbocycles. The van der Waals surface area contributed by atoms with Crippen LogP contribution in [-0.4, -0.2) is 47.6 Å². The van der Waals surface area contributed by atoms with E-state index in [9.17, 15) is 9.59 Å². The van der Waals surface area contributed by atoms with E-state index in [1.807, 2.05) is 48.5 Å². The molecule has 44 heavy (non-hydrogen) atoms. The molecule has 0 spiro atoms. The fraction of sp³-hybridized carbons (Fsp3) is 0.133. The molecule has 0 aliphatic carbocycles. The van der Waals surface area contributed by atoms with E-state index in [-0.39, 0.29) is 0 Å². The predicted octanol–water partition coefficient (Wildman–Crippen LogP) is 11.5. The lowest BCUT2D eigenvalue weighted by Crippen LogP contribution is -1.89. The number of thiazole rings is 2. The molecule has 2 aromatic heterocycles. The highest BCUT2D eigenvalue weighted by atomic mass is 32.3. The van der Waals surface area contributed by atoms with Gasteiger partial charge in [0.25, 0.3) is 0 Å². The van der Waals surface area contributed by atoms with E-state index in [0.717, 1.165) is 63.0 Å². The summed E-state index contributed by atoms with van der Waals surface area (Å²) in [5, 5.41) is 1.75. The molecular formula is C30H22N2O2S10. The second-order valence-electron chi connectivity index (χ2n) is 8.82. The van der Waals surface area contributed by atoms with Gasteiger partial charge in [0.15, 0.2) is 22.2 Å². The topological polar surface area (TPSA) is 59.9 Å². The number of thioether (sulfide) groups is 8. The Balaban J connectivity index is 1.27. The van der Waals surface area contributed by atoms with Crippen LogP contribution in [0.15, 0.2) is 74.0 Å². The summed E-state index contributed by atoms with van der Waals surface area (Å²) in [6.07, 6.45) is 10.2. The molecule has 4 aromatic rings. The first-order valence-electron chi connectivity index (χ1n) is 12.7. The lowest BCUT2D eigenvalue weighted by molar-refractivity contribution is -0.104. The summed E-state index contributed by atoms with van der Waals surface area (Å²) in [4.78, 5) is 36.1. The fourth-order valence-corrected chi connectivity index (χ4v) is 16.4. The highest BCUT2D eigenvalue weighted by Gasteiger charge is 2.25. The summed E-state index contributed by atoms with van der Waals surface area (Å²) in [6.45, 7) is 0. The van der Waals surface area contributed by atoms with Crippen molar-refractivity contribution in [3.05, 3.63) is 85.1 Å². The molecular weight excluding hydrogens is 741 g/mol. The second kappa shape index (κ2) is 14.9. The highest BCUT2D eigenvalue weighted by molar-refractivity contribution is 8.41. The third-order valence-corrected chi connectivity index (χ3v) is 18.9. The minimum Gasteiger partial charge on any atom is -0.298 e. The average molecular weight is 763 g/mol. The maximum Gasteiger partial charge on any atom is 0.155 e. The van der Waals surface area contributed by atoms with Gasteiger partial charge < -0.3 is 0 Å². The Labute approximate surface area is 298 Å². The molecule has 0 radical (unpaired) electrons. The van der Waals surface area contributed by atoms with Crippen LogP contribution in [0.1, 0.15) is 11.1 Å². The maximum atomic E-state index is 12.3. The number of carbonyl (C=O) groups excluding carboxylic acids is 2. The fourth-order valence-electron chi connectivity index (χ4n) is 4.26. The van der Waals surface area contributed by atoms with Crippen molar-refractivity contribution in [3.8, 4) is 21.1 Å². The zero-order valence-electron chi connectivity index (χ0n) is 23.6. The molecule has 0 unspecified atom stereocenters. The van der Waals surface area contributed by atoms with Crippen molar-refractivity contribution in [2.75, 3.05) is 25.0 Å². The van der Waals surface area contributed by atoms with E-state index in [4.69, 9.17) is 9.97 Å². The Bertz CT molecular complexity index is 1720. The predicted molar refractivity (Wildman–Crippen MR) is 211 cm³/mol. The van der Waals surface area contributed by atoms with Crippen LogP contribution in [0.25, 0.3) is 41.9 Å². The SMILES string of the molecule is CSC1=C(SC)SC(=C(C=O)c2cccc(-c3nc4sc(-c5cccc(C(C=O)=C6SC(SC)=C(SC)S6)c5)nc4s3)c2)S1. The Morgan fingerprint density at radius 3 is 1.27 bits per heavy atom. The Kier molecular flexibility index (Phi) is 11.1. The molecule has 0 fully saturated rings. The Morgan fingerprint density at radius 2 is 0.955 bits per heavy atom. The van der Waals surface area contributed by atoms with Gasteiger partial charge in [0, 0.05) is 22.3 Å². The summed E-state index contributed by atoms with van der Waals surface area (Å²) in [5.74, 6) is 0. The number of fused-ring (bicyclic) bond motifs is 1. The van der Waals surface area contributed by atoms with Gasteiger partial charge in [-0.1, -0.05) is 106 Å². The Morgan fingerprint density at radius 1 is 0.591 bits per heavy atom. The van der Waals surface area contributed by atoms with Gasteiger partial charge in [-0.25, -0.2) is 9.97 Å². The molecule has 2 aliphatic rings. The zero-order chi connectivity index (χ0) is 30.8. The van der Waals surface area contributed by atoms with Gasteiger partial charge in [-0.3, -0.25) is 9.59 Å². The number of carbonyl (C=O) groups is 2. The monoisotopic (exact) mass is 762 g/mol. The van der Waals surface area contributed by atoms with Crippen molar-refractivity contribution in [2.24, 2.45) is 0 Å². The van der Waals surface area contributed by atoms with Crippen molar-refractivity contribution in [3.63, 3.8) is 0 Å². The molecule has 14 heteroatoms. The molecule has 224 valence electrons. The quantitative estimate of drug-likeness (QED) is 0.114. The van der Waals surface area contributed by atoms with Crippen LogP contribution in [0.4, 0.5) is 0 Å². The lowest BCUT2D eigenvalue weighted by atomic mass is 10.1. The summed E-state index contributed by atoms with van der Waals surface area (Å²) in [6, 6.07) is 16.1. The van der Waals surface area contributed by atoms with Crippen LogP contribution < -0.4 is 0 Å². The summed E-state index contributed by atoms with van der Waals surface area (Å²) >= 11 is 16.7. The van der Waals surface area contributed by atoms with Crippen LogP contribution in [-0.2, 0) is 9.59 Å². The largest absolute Gasteiger partial charge is 0.298 e. The molecule has 6 rings (SSSR count). The molecule has 4 nitrogen and oxygen atoms in total. The number of aromatic nitrogens is 2. The highest BCUT2D eigenvalue weighted by Crippen LogP contribution is 2.59. The number of benzene rings is 2. The van der Waals surface area contributed by atoms with E-state index in [1.54, 1.807) is 117 Å². The van der Waals surface area contributed by atoms with Gasteiger partial charge in [-0.05, 0) is 48.3 Å².